The van der Waals surface area contributed by atoms with E-state index in [1.54, 1.807) is 0 Å². The van der Waals surface area contributed by atoms with Gasteiger partial charge < -0.3 is 4.74 Å². The molecule has 0 saturated carbocycles. The summed E-state index contributed by atoms with van der Waals surface area (Å²) in [7, 11) is -11.8. The Morgan fingerprint density at radius 3 is 1.94 bits per heavy atom. The Bertz CT molecular complexity index is 1020. The number of hydrogen-bond acceptors (Lipinski definition) is 6. The summed E-state index contributed by atoms with van der Waals surface area (Å²) in [6, 6.07) is 2.94. The third kappa shape index (κ3) is 6.25. The molecule has 0 N–H and O–H groups in total. The predicted molar refractivity (Wildman–Crippen MR) is 86.9 cm³/mol. The second-order valence-electron chi connectivity index (χ2n) is 5.87. The van der Waals surface area contributed by atoms with Crippen LogP contribution in [0.1, 0.15) is 23.2 Å². The van der Waals surface area contributed by atoms with Crippen LogP contribution in [-0.4, -0.2) is 57.7 Å². The molecule has 0 aliphatic carbocycles. The Balaban J connectivity index is 3.66. The van der Waals surface area contributed by atoms with Gasteiger partial charge in [-0.25, -0.2) is 26.0 Å². The molecule has 31 heavy (non-hydrogen) atoms. The topological polar surface area (TPSA) is 97.8 Å². The van der Waals surface area contributed by atoms with Crippen LogP contribution in [0, 0.1) is 0 Å². The first-order valence-electron chi connectivity index (χ1n) is 7.72. The lowest BCUT2D eigenvalue weighted by Gasteiger charge is -2.30. The zero-order chi connectivity index (χ0) is 24.5. The molecular weight excluding hydrogens is 494 g/mol. The average Bonchev–Trinajstić information content (AvgIpc) is 2.63. The highest BCUT2D eigenvalue weighted by molar-refractivity contribution is 7.94. The first-order chi connectivity index (χ1) is 13.8. The summed E-state index contributed by atoms with van der Waals surface area (Å²) >= 11 is 0. The number of carbonyl (C=O) groups excluding carboxylic acids is 1. The fourth-order valence-electron chi connectivity index (χ4n) is 2.17. The summed E-state index contributed by atoms with van der Waals surface area (Å²) in [4.78, 5) is 10.2. The van der Waals surface area contributed by atoms with Crippen molar-refractivity contribution in [2.75, 3.05) is 12.9 Å². The van der Waals surface area contributed by atoms with Gasteiger partial charge in [0.1, 0.15) is 6.42 Å². The molecule has 0 fully saturated rings. The highest BCUT2D eigenvalue weighted by atomic mass is 32.2. The molecule has 178 valence electrons. The maximum absolute atomic E-state index is 15.0. The number of sulfone groups is 1. The summed E-state index contributed by atoms with van der Waals surface area (Å²) in [5.41, 5.74) is -1.00. The summed E-state index contributed by atoms with van der Waals surface area (Å²) < 4.78 is 156. The van der Waals surface area contributed by atoms with Crippen LogP contribution < -0.4 is 0 Å². The lowest BCUT2D eigenvalue weighted by molar-refractivity contribution is -0.178. The van der Waals surface area contributed by atoms with E-state index in [4.69, 9.17) is 0 Å². The Kier molecular flexibility index (Phi) is 7.72. The molecule has 0 heterocycles. The lowest BCUT2D eigenvalue weighted by atomic mass is 10.2. The van der Waals surface area contributed by atoms with E-state index in [0.29, 0.717) is 12.1 Å². The van der Waals surface area contributed by atoms with Gasteiger partial charge in [0.05, 0.1) is 29.7 Å². The van der Waals surface area contributed by atoms with Crippen LogP contribution in [0.5, 0.6) is 0 Å². The van der Waals surface area contributed by atoms with E-state index in [1.165, 1.54) is 0 Å². The van der Waals surface area contributed by atoms with Gasteiger partial charge in [-0.1, -0.05) is 12.1 Å². The second-order valence-corrected chi connectivity index (χ2v) is 9.85. The molecule has 1 unspecified atom stereocenters. The molecule has 1 rings (SSSR count). The Morgan fingerprint density at radius 1 is 0.968 bits per heavy atom. The molecule has 0 aromatic heterocycles. The molecular formula is C14H13F8NO6S2. The summed E-state index contributed by atoms with van der Waals surface area (Å²) in [5, 5.41) is -5.50. The van der Waals surface area contributed by atoms with E-state index in [-0.39, 0.29) is 0 Å². The van der Waals surface area contributed by atoms with Crippen LogP contribution in [0.4, 0.5) is 35.2 Å². The highest BCUT2D eigenvalue weighted by Gasteiger charge is 2.62. The molecule has 1 aromatic carbocycles. The molecule has 0 aliphatic rings. The summed E-state index contributed by atoms with van der Waals surface area (Å²) in [5.74, 6) is -3.86. The van der Waals surface area contributed by atoms with Crippen molar-refractivity contribution in [2.24, 2.45) is 0 Å². The number of sulfonamides is 1. The minimum Gasteiger partial charge on any atom is -0.465 e. The first-order valence-corrected chi connectivity index (χ1v) is 10.8. The number of methoxy groups -OCH3 is 1. The molecule has 1 aromatic rings. The van der Waals surface area contributed by atoms with Gasteiger partial charge in [-0.15, -0.1) is 4.48 Å². The zero-order valence-corrected chi connectivity index (χ0v) is 16.8. The standard InChI is InChI=1S/C14H13F8NO6S2/c1-29-11(24)9-4-2-3-5-10(9)31(27,28)23(22)14(21,8-13(18,19)20)30(25,26)7-6-12(15,16)17/h2-5H,6-8H2,1H3. The molecule has 0 spiro atoms. The lowest BCUT2D eigenvalue weighted by Crippen LogP contribution is -2.53. The van der Waals surface area contributed by atoms with Gasteiger partial charge in [-0.3, -0.25) is 0 Å². The fraction of sp³-hybridized carbons (Fsp3) is 0.500. The monoisotopic (exact) mass is 507 g/mol. The molecule has 0 aliphatic heterocycles. The number of halogens is 8. The van der Waals surface area contributed by atoms with Crippen LogP contribution in [0.3, 0.4) is 0 Å². The first kappa shape index (κ1) is 27.0. The van der Waals surface area contributed by atoms with Crippen molar-refractivity contribution in [1.82, 2.24) is 4.53 Å². The van der Waals surface area contributed by atoms with Crippen molar-refractivity contribution < 1.29 is 61.6 Å². The van der Waals surface area contributed by atoms with E-state index >= 15 is 4.39 Å². The van der Waals surface area contributed by atoms with Gasteiger partial charge in [0.25, 0.3) is 10.0 Å². The van der Waals surface area contributed by atoms with Crippen molar-refractivity contribution in [2.45, 2.75) is 35.2 Å². The van der Waals surface area contributed by atoms with E-state index in [1.807, 2.05) is 0 Å². The minimum absolute atomic E-state index is 0.421. The van der Waals surface area contributed by atoms with Crippen LogP contribution in [0.25, 0.3) is 0 Å². The number of carbonyl (C=O) groups is 1. The molecule has 0 bridgehead atoms. The smallest absolute Gasteiger partial charge is 0.394 e. The quantitative estimate of drug-likeness (QED) is 0.232. The van der Waals surface area contributed by atoms with Crippen molar-refractivity contribution >= 4 is 25.8 Å². The van der Waals surface area contributed by atoms with Gasteiger partial charge in [0.15, 0.2) is 0 Å². The van der Waals surface area contributed by atoms with Crippen molar-refractivity contribution in [3.8, 4) is 0 Å². The number of hydrogen-bond donors (Lipinski definition) is 0. The maximum Gasteiger partial charge on any atom is 0.394 e. The summed E-state index contributed by atoms with van der Waals surface area (Å²) in [6.07, 6.45) is -16.9. The number of ether oxygens (including phenoxy) is 1. The zero-order valence-electron chi connectivity index (χ0n) is 15.2. The van der Waals surface area contributed by atoms with Gasteiger partial charge >= 0.3 is 23.4 Å². The largest absolute Gasteiger partial charge is 0.465 e. The third-order valence-electron chi connectivity index (χ3n) is 3.59. The average molecular weight is 507 g/mol. The van der Waals surface area contributed by atoms with Gasteiger partial charge in [0, 0.05) is 4.53 Å². The number of benzene rings is 1. The van der Waals surface area contributed by atoms with Gasteiger partial charge in [0.2, 0.25) is 9.84 Å². The maximum atomic E-state index is 15.0. The molecule has 17 heteroatoms. The van der Waals surface area contributed by atoms with Crippen LogP contribution >= 0.6 is 0 Å². The van der Waals surface area contributed by atoms with Crippen LogP contribution in [0.15, 0.2) is 29.2 Å². The molecule has 0 saturated heterocycles. The molecule has 0 radical (unpaired) electrons. The molecule has 1 atom stereocenters. The highest BCUT2D eigenvalue weighted by Crippen LogP contribution is 2.42. The molecule has 7 nitrogen and oxygen atoms in total. The fourth-order valence-corrected chi connectivity index (χ4v) is 5.50. The number of nitrogens with zero attached hydrogens (tertiary/aromatic N) is 1. The summed E-state index contributed by atoms with van der Waals surface area (Å²) in [6.45, 7) is 0. The Hall–Kier alpha value is -2.01. The predicted octanol–water partition coefficient (Wildman–Crippen LogP) is 3.29. The SMILES string of the molecule is COC(=O)c1ccccc1S(=O)(=O)N(F)C(F)(CC(F)(F)F)S(=O)(=O)CCC(F)(F)F. The number of esters is 1. The van der Waals surface area contributed by atoms with Crippen LogP contribution in [0.2, 0.25) is 0 Å². The van der Waals surface area contributed by atoms with Crippen molar-refractivity contribution in [1.29, 1.82) is 0 Å². The Labute approximate surface area is 170 Å². The third-order valence-corrected chi connectivity index (χ3v) is 7.33. The van der Waals surface area contributed by atoms with Crippen molar-refractivity contribution in [3.05, 3.63) is 29.8 Å². The minimum atomic E-state index is -6.37. The Morgan fingerprint density at radius 2 is 1.48 bits per heavy atom. The number of rotatable bonds is 8. The molecule has 0 amide bonds. The van der Waals surface area contributed by atoms with E-state index in [0.717, 1.165) is 19.2 Å². The van der Waals surface area contributed by atoms with Crippen molar-refractivity contribution in [3.63, 3.8) is 0 Å². The number of alkyl halides is 7. The van der Waals surface area contributed by atoms with Gasteiger partial charge in [-0.05, 0) is 12.1 Å². The second kappa shape index (κ2) is 8.85. The van der Waals surface area contributed by atoms with Gasteiger partial charge in [-0.2, -0.15) is 26.3 Å². The van der Waals surface area contributed by atoms with E-state index in [9.17, 15) is 52.5 Å². The van der Waals surface area contributed by atoms with E-state index in [2.05, 4.69) is 4.74 Å². The van der Waals surface area contributed by atoms with E-state index < -0.39 is 76.9 Å². The normalized spacial score (nSPS) is 15.5. The van der Waals surface area contributed by atoms with Crippen LogP contribution in [-0.2, 0) is 24.6 Å².